The first kappa shape index (κ1) is 23.0. The molecule has 0 aliphatic heterocycles. The summed E-state index contributed by atoms with van der Waals surface area (Å²) in [4.78, 5) is 27.1. The summed E-state index contributed by atoms with van der Waals surface area (Å²) in [5.74, 6) is -0.163. The standard InChI is InChI=1S/C22H26Cl2N2O3/c1-15(21(28)25-22(2,3)4)26(13-16-8-7-9-17(23)12-16)20(27)14-29-19-11-6-5-10-18(19)24/h5-12,15H,13-14H2,1-4H3,(H,25,28). The highest BCUT2D eigenvalue weighted by atomic mass is 35.5. The molecule has 2 aromatic rings. The Balaban J connectivity index is 2.19. The Morgan fingerprint density at radius 3 is 2.41 bits per heavy atom. The van der Waals surface area contributed by atoms with E-state index in [0.717, 1.165) is 5.56 Å². The Labute approximate surface area is 181 Å². The third-order valence-corrected chi connectivity index (χ3v) is 4.64. The number of carbonyl (C=O) groups is 2. The molecule has 0 spiro atoms. The summed E-state index contributed by atoms with van der Waals surface area (Å²) in [5.41, 5.74) is 0.406. The molecule has 29 heavy (non-hydrogen) atoms. The first-order valence-corrected chi connectivity index (χ1v) is 10.1. The second-order valence-electron chi connectivity index (χ2n) is 7.79. The van der Waals surface area contributed by atoms with Crippen LogP contribution in [0.5, 0.6) is 5.75 Å². The molecule has 0 aromatic heterocycles. The highest BCUT2D eigenvalue weighted by Gasteiger charge is 2.28. The third-order valence-electron chi connectivity index (χ3n) is 4.10. The summed E-state index contributed by atoms with van der Waals surface area (Å²) < 4.78 is 5.59. The normalized spacial score (nSPS) is 12.2. The minimum atomic E-state index is -0.699. The second kappa shape index (κ2) is 9.99. The molecule has 0 aliphatic carbocycles. The zero-order chi connectivity index (χ0) is 21.6. The fraction of sp³-hybridized carbons (Fsp3) is 0.364. The quantitative estimate of drug-likeness (QED) is 0.683. The van der Waals surface area contributed by atoms with Gasteiger partial charge >= 0.3 is 0 Å². The van der Waals surface area contributed by atoms with Crippen molar-refractivity contribution in [3.63, 3.8) is 0 Å². The van der Waals surface area contributed by atoms with E-state index in [0.29, 0.717) is 15.8 Å². The first-order chi connectivity index (χ1) is 13.6. The van der Waals surface area contributed by atoms with Crippen LogP contribution in [0.2, 0.25) is 10.0 Å². The average molecular weight is 437 g/mol. The SMILES string of the molecule is CC(C(=O)NC(C)(C)C)N(Cc1cccc(Cl)c1)C(=O)COc1ccccc1Cl. The molecule has 0 saturated heterocycles. The molecule has 0 radical (unpaired) electrons. The molecule has 7 heteroatoms. The van der Waals surface area contributed by atoms with Gasteiger partial charge in [-0.25, -0.2) is 0 Å². The Bertz CT molecular complexity index is 865. The second-order valence-corrected chi connectivity index (χ2v) is 8.63. The van der Waals surface area contributed by atoms with Gasteiger partial charge in [0.1, 0.15) is 11.8 Å². The summed E-state index contributed by atoms with van der Waals surface area (Å²) in [7, 11) is 0. The number of para-hydroxylation sites is 1. The van der Waals surface area contributed by atoms with Crippen molar-refractivity contribution in [2.75, 3.05) is 6.61 Å². The predicted octanol–water partition coefficient (Wildman–Crippen LogP) is 4.70. The summed E-state index contributed by atoms with van der Waals surface area (Å²) in [5, 5.41) is 3.89. The lowest BCUT2D eigenvalue weighted by atomic mass is 10.1. The van der Waals surface area contributed by atoms with Crippen LogP contribution in [0.25, 0.3) is 0 Å². The van der Waals surface area contributed by atoms with Crippen molar-refractivity contribution in [1.82, 2.24) is 10.2 Å². The van der Waals surface area contributed by atoms with Crippen molar-refractivity contribution < 1.29 is 14.3 Å². The molecule has 0 bridgehead atoms. The molecule has 5 nitrogen and oxygen atoms in total. The van der Waals surface area contributed by atoms with Gasteiger partial charge in [-0.15, -0.1) is 0 Å². The van der Waals surface area contributed by atoms with Gasteiger partial charge in [0.2, 0.25) is 5.91 Å². The largest absolute Gasteiger partial charge is 0.482 e. The van der Waals surface area contributed by atoms with Gasteiger partial charge in [-0.05, 0) is 57.5 Å². The molecule has 1 atom stereocenters. The van der Waals surface area contributed by atoms with Crippen molar-refractivity contribution in [3.05, 3.63) is 64.1 Å². The Morgan fingerprint density at radius 1 is 1.10 bits per heavy atom. The molecule has 2 rings (SSSR count). The zero-order valence-electron chi connectivity index (χ0n) is 17.0. The van der Waals surface area contributed by atoms with Crippen LogP contribution in [0.3, 0.4) is 0 Å². The van der Waals surface area contributed by atoms with Crippen molar-refractivity contribution >= 4 is 35.0 Å². The maximum absolute atomic E-state index is 13.0. The number of benzene rings is 2. The van der Waals surface area contributed by atoms with E-state index in [-0.39, 0.29) is 25.0 Å². The van der Waals surface area contributed by atoms with E-state index in [1.54, 1.807) is 49.4 Å². The smallest absolute Gasteiger partial charge is 0.261 e. The minimum absolute atomic E-state index is 0.226. The van der Waals surface area contributed by atoms with Crippen molar-refractivity contribution in [2.45, 2.75) is 45.8 Å². The van der Waals surface area contributed by atoms with E-state index in [1.807, 2.05) is 26.8 Å². The molecule has 0 saturated carbocycles. The van der Waals surface area contributed by atoms with Crippen molar-refractivity contribution in [3.8, 4) is 5.75 Å². The number of nitrogens with one attached hydrogen (secondary N) is 1. The van der Waals surface area contributed by atoms with E-state index in [4.69, 9.17) is 27.9 Å². The van der Waals surface area contributed by atoms with Gasteiger partial charge < -0.3 is 15.0 Å². The van der Waals surface area contributed by atoms with Gasteiger partial charge in [0.25, 0.3) is 5.91 Å². The van der Waals surface area contributed by atoms with Gasteiger partial charge in [-0.1, -0.05) is 47.5 Å². The molecular weight excluding hydrogens is 411 g/mol. The Morgan fingerprint density at radius 2 is 1.79 bits per heavy atom. The fourth-order valence-electron chi connectivity index (χ4n) is 2.67. The lowest BCUT2D eigenvalue weighted by molar-refractivity contribution is -0.142. The molecule has 2 amide bonds. The highest BCUT2D eigenvalue weighted by Crippen LogP contribution is 2.23. The fourth-order valence-corrected chi connectivity index (χ4v) is 3.08. The van der Waals surface area contributed by atoms with E-state index < -0.39 is 11.6 Å². The third kappa shape index (κ3) is 7.26. The van der Waals surface area contributed by atoms with Crippen molar-refractivity contribution in [2.24, 2.45) is 0 Å². The van der Waals surface area contributed by atoms with Gasteiger partial charge in [0, 0.05) is 17.1 Å². The number of amides is 2. The highest BCUT2D eigenvalue weighted by molar-refractivity contribution is 6.32. The van der Waals surface area contributed by atoms with Crippen molar-refractivity contribution in [1.29, 1.82) is 0 Å². The lowest BCUT2D eigenvalue weighted by Crippen LogP contribution is -2.53. The van der Waals surface area contributed by atoms with E-state index >= 15 is 0 Å². The Kier molecular flexibility index (Phi) is 7.94. The number of ether oxygens (including phenoxy) is 1. The topological polar surface area (TPSA) is 58.6 Å². The van der Waals surface area contributed by atoms with Gasteiger partial charge in [-0.2, -0.15) is 0 Å². The van der Waals surface area contributed by atoms with Crippen LogP contribution in [0.15, 0.2) is 48.5 Å². The summed E-state index contributed by atoms with van der Waals surface area (Å²) in [6, 6.07) is 13.4. The molecule has 0 heterocycles. The Hall–Kier alpha value is -2.24. The van der Waals surface area contributed by atoms with Crippen LogP contribution >= 0.6 is 23.2 Å². The predicted molar refractivity (Wildman–Crippen MR) is 116 cm³/mol. The number of carbonyl (C=O) groups excluding carboxylic acids is 2. The van der Waals surface area contributed by atoms with E-state index in [1.165, 1.54) is 4.90 Å². The molecule has 0 aliphatic rings. The van der Waals surface area contributed by atoms with E-state index in [2.05, 4.69) is 5.32 Å². The number of rotatable bonds is 7. The van der Waals surface area contributed by atoms with Crippen LogP contribution in [0, 0.1) is 0 Å². The van der Waals surface area contributed by atoms with Crippen LogP contribution in [0.1, 0.15) is 33.3 Å². The van der Waals surface area contributed by atoms with Gasteiger partial charge in [0.05, 0.1) is 5.02 Å². The van der Waals surface area contributed by atoms with Gasteiger partial charge in [0.15, 0.2) is 6.61 Å². The maximum Gasteiger partial charge on any atom is 0.261 e. The van der Waals surface area contributed by atoms with Crippen LogP contribution in [-0.4, -0.2) is 34.9 Å². The summed E-state index contributed by atoms with van der Waals surface area (Å²) in [6.45, 7) is 7.35. The van der Waals surface area contributed by atoms with Gasteiger partial charge in [-0.3, -0.25) is 9.59 Å². The molecule has 2 aromatic carbocycles. The summed E-state index contributed by atoms with van der Waals surface area (Å²) in [6.07, 6.45) is 0. The van der Waals surface area contributed by atoms with Crippen LogP contribution in [0.4, 0.5) is 0 Å². The zero-order valence-corrected chi connectivity index (χ0v) is 18.6. The molecular formula is C22H26Cl2N2O3. The maximum atomic E-state index is 13.0. The monoisotopic (exact) mass is 436 g/mol. The van der Waals surface area contributed by atoms with Crippen LogP contribution in [-0.2, 0) is 16.1 Å². The average Bonchev–Trinajstić information content (AvgIpc) is 2.63. The first-order valence-electron chi connectivity index (χ1n) is 9.30. The molecule has 1 unspecified atom stereocenters. The molecule has 0 fully saturated rings. The lowest BCUT2D eigenvalue weighted by Gasteiger charge is -2.31. The number of hydrogen-bond donors (Lipinski definition) is 1. The summed E-state index contributed by atoms with van der Waals surface area (Å²) >= 11 is 12.2. The number of halogens is 2. The van der Waals surface area contributed by atoms with E-state index in [9.17, 15) is 9.59 Å². The minimum Gasteiger partial charge on any atom is -0.482 e. The van der Waals surface area contributed by atoms with Crippen LogP contribution < -0.4 is 10.1 Å². The number of nitrogens with zero attached hydrogens (tertiary/aromatic N) is 1. The molecule has 156 valence electrons. The molecule has 1 N–H and O–H groups in total. The number of hydrogen-bond acceptors (Lipinski definition) is 3.